The van der Waals surface area contributed by atoms with Crippen molar-refractivity contribution >= 4 is 23.1 Å². The average Bonchev–Trinajstić information content (AvgIpc) is 3.06. The molecule has 0 atom stereocenters. The first kappa shape index (κ1) is 22.1. The van der Waals surface area contributed by atoms with Gasteiger partial charge in [-0.15, -0.1) is 0 Å². The molecule has 2 heterocycles. The topological polar surface area (TPSA) is 43.9 Å². The lowest BCUT2D eigenvalue weighted by Gasteiger charge is -2.37. The number of anilines is 1. The zero-order chi connectivity index (χ0) is 22.7. The molecule has 0 aliphatic carbocycles. The van der Waals surface area contributed by atoms with Gasteiger partial charge < -0.3 is 9.80 Å². The number of piperazine rings is 1. The first-order chi connectivity index (χ1) is 15.5. The van der Waals surface area contributed by atoms with Gasteiger partial charge in [-0.05, 0) is 49.1 Å². The number of unbranched alkanes of at least 4 members (excludes halogenated alkanes) is 2. The number of carbonyl (C=O) groups is 2. The number of amides is 2. The van der Waals surface area contributed by atoms with Gasteiger partial charge in [0, 0.05) is 38.4 Å². The van der Waals surface area contributed by atoms with Crippen molar-refractivity contribution in [3.63, 3.8) is 0 Å². The molecule has 2 aromatic carbocycles. The van der Waals surface area contributed by atoms with E-state index in [9.17, 15) is 9.59 Å². The van der Waals surface area contributed by atoms with Crippen LogP contribution >= 0.6 is 0 Å². The van der Waals surface area contributed by atoms with Crippen LogP contribution in [0.5, 0.6) is 0 Å². The van der Waals surface area contributed by atoms with Crippen molar-refractivity contribution in [3.8, 4) is 0 Å². The molecule has 1 fully saturated rings. The van der Waals surface area contributed by atoms with Crippen molar-refractivity contribution in [1.82, 2.24) is 9.80 Å². The highest BCUT2D eigenvalue weighted by Crippen LogP contribution is 2.33. The van der Waals surface area contributed by atoms with Gasteiger partial charge >= 0.3 is 0 Å². The largest absolute Gasteiger partial charge is 0.368 e. The lowest BCUT2D eigenvalue weighted by Crippen LogP contribution is -2.47. The van der Waals surface area contributed by atoms with E-state index in [0.717, 1.165) is 56.6 Å². The van der Waals surface area contributed by atoms with Gasteiger partial charge in [0.2, 0.25) is 0 Å². The number of para-hydroxylation sites is 1. The Hall–Kier alpha value is -3.08. The Kier molecular flexibility index (Phi) is 6.63. The van der Waals surface area contributed by atoms with Crippen LogP contribution in [0.1, 0.15) is 42.9 Å². The fourth-order valence-electron chi connectivity index (χ4n) is 4.56. The Morgan fingerprint density at radius 3 is 2.12 bits per heavy atom. The van der Waals surface area contributed by atoms with Gasteiger partial charge in [-0.2, -0.15) is 0 Å². The summed E-state index contributed by atoms with van der Waals surface area (Å²) in [6, 6.07) is 16.4. The van der Waals surface area contributed by atoms with Gasteiger partial charge in [-0.1, -0.05) is 56.2 Å². The number of imide groups is 1. The smallest absolute Gasteiger partial charge is 0.277 e. The van der Waals surface area contributed by atoms with Crippen molar-refractivity contribution in [2.24, 2.45) is 0 Å². The van der Waals surface area contributed by atoms with Crippen molar-refractivity contribution in [3.05, 3.63) is 70.9 Å². The van der Waals surface area contributed by atoms with Crippen LogP contribution in [0, 0.1) is 13.8 Å². The van der Waals surface area contributed by atoms with E-state index in [1.54, 1.807) is 0 Å². The third-order valence-corrected chi connectivity index (χ3v) is 6.64. The summed E-state index contributed by atoms with van der Waals surface area (Å²) in [5.41, 5.74) is 5.53. The number of benzene rings is 2. The molecule has 168 valence electrons. The molecule has 0 unspecified atom stereocenters. The Morgan fingerprint density at radius 1 is 0.781 bits per heavy atom. The van der Waals surface area contributed by atoms with Crippen LogP contribution in [0.3, 0.4) is 0 Å². The van der Waals surface area contributed by atoms with Crippen molar-refractivity contribution < 1.29 is 9.59 Å². The summed E-state index contributed by atoms with van der Waals surface area (Å²) in [6.07, 6.45) is 2.92. The molecule has 4 rings (SSSR count). The van der Waals surface area contributed by atoms with Gasteiger partial charge in [0.25, 0.3) is 11.8 Å². The number of hydrogen-bond donors (Lipinski definition) is 0. The molecule has 0 bridgehead atoms. The molecule has 0 aromatic heterocycles. The minimum Gasteiger partial charge on any atom is -0.368 e. The third-order valence-electron chi connectivity index (χ3n) is 6.64. The third kappa shape index (κ3) is 4.29. The van der Waals surface area contributed by atoms with Crippen LogP contribution in [0.15, 0.2) is 54.2 Å². The predicted molar refractivity (Wildman–Crippen MR) is 129 cm³/mol. The van der Waals surface area contributed by atoms with Crippen LogP contribution < -0.4 is 4.90 Å². The van der Waals surface area contributed by atoms with Gasteiger partial charge in [-0.25, -0.2) is 0 Å². The van der Waals surface area contributed by atoms with Crippen molar-refractivity contribution in [2.45, 2.75) is 40.0 Å². The Labute approximate surface area is 191 Å². The maximum absolute atomic E-state index is 13.5. The van der Waals surface area contributed by atoms with Gasteiger partial charge in [0.05, 0.1) is 5.57 Å². The summed E-state index contributed by atoms with van der Waals surface area (Å²) in [6.45, 7) is 9.84. The van der Waals surface area contributed by atoms with E-state index in [4.69, 9.17) is 0 Å². The Morgan fingerprint density at radius 2 is 1.47 bits per heavy atom. The fourth-order valence-corrected chi connectivity index (χ4v) is 4.56. The highest BCUT2D eigenvalue weighted by molar-refractivity contribution is 6.35. The molecule has 5 nitrogen and oxygen atoms in total. The molecule has 2 aliphatic heterocycles. The minimum atomic E-state index is -0.144. The Bertz CT molecular complexity index is 1020. The molecule has 2 amide bonds. The summed E-state index contributed by atoms with van der Waals surface area (Å²) in [5.74, 6) is -0.276. The molecule has 2 aliphatic rings. The predicted octanol–water partition coefficient (Wildman–Crippen LogP) is 4.40. The second-order valence-electron chi connectivity index (χ2n) is 8.80. The molecular weight excluding hydrogens is 398 g/mol. The fraction of sp³-hybridized carbons (Fsp3) is 0.407. The lowest BCUT2D eigenvalue weighted by atomic mass is 9.99. The molecule has 0 radical (unpaired) electrons. The summed E-state index contributed by atoms with van der Waals surface area (Å²) in [5, 5.41) is 0. The highest BCUT2D eigenvalue weighted by atomic mass is 16.2. The molecule has 1 saturated heterocycles. The van der Waals surface area contributed by atoms with E-state index in [1.807, 2.05) is 24.3 Å². The first-order valence-corrected chi connectivity index (χ1v) is 11.7. The number of hydrogen-bond acceptors (Lipinski definition) is 4. The van der Waals surface area contributed by atoms with Crippen LogP contribution in [-0.2, 0) is 9.59 Å². The Balaban J connectivity index is 1.63. The number of aryl methyl sites for hydroxylation is 2. The number of carbonyl (C=O) groups excluding carboxylic acids is 2. The zero-order valence-electron chi connectivity index (χ0n) is 19.4. The monoisotopic (exact) mass is 431 g/mol. The molecule has 5 heteroatoms. The van der Waals surface area contributed by atoms with Crippen molar-refractivity contribution in [1.29, 1.82) is 0 Å². The minimum absolute atomic E-state index is 0.132. The van der Waals surface area contributed by atoms with Crippen LogP contribution in [0.2, 0.25) is 0 Å². The maximum atomic E-state index is 13.5. The van der Waals surface area contributed by atoms with E-state index >= 15 is 0 Å². The SMILES string of the molecule is CCCCCN1C(=O)C(c2ccc(C)c(C)c2)=C(N2CCN(c3ccccc3)CC2)C1=O. The molecule has 0 N–H and O–H groups in total. The molecule has 32 heavy (non-hydrogen) atoms. The van der Waals surface area contributed by atoms with Gasteiger partial charge in [-0.3, -0.25) is 14.5 Å². The van der Waals surface area contributed by atoms with Crippen LogP contribution in [-0.4, -0.2) is 54.3 Å². The second kappa shape index (κ2) is 9.60. The van der Waals surface area contributed by atoms with E-state index in [2.05, 4.69) is 54.8 Å². The summed E-state index contributed by atoms with van der Waals surface area (Å²) in [7, 11) is 0. The maximum Gasteiger partial charge on any atom is 0.277 e. The normalized spacial score (nSPS) is 17.0. The molecule has 0 saturated carbocycles. The second-order valence-corrected chi connectivity index (χ2v) is 8.80. The quantitative estimate of drug-likeness (QED) is 0.482. The standard InChI is InChI=1S/C27H33N3O2/c1-4-5-9-14-30-26(31)24(22-13-12-20(2)21(3)19-22)25(27(30)32)29-17-15-28(16-18-29)23-10-7-6-8-11-23/h6-8,10-13,19H,4-5,9,14-18H2,1-3H3. The van der Waals surface area contributed by atoms with E-state index in [-0.39, 0.29) is 11.8 Å². The van der Waals surface area contributed by atoms with Gasteiger partial charge in [0.1, 0.15) is 5.70 Å². The van der Waals surface area contributed by atoms with Gasteiger partial charge in [0.15, 0.2) is 0 Å². The van der Waals surface area contributed by atoms with E-state index < -0.39 is 0 Å². The van der Waals surface area contributed by atoms with E-state index in [1.165, 1.54) is 16.2 Å². The molecular formula is C27H33N3O2. The lowest BCUT2D eigenvalue weighted by molar-refractivity contribution is -0.137. The number of rotatable bonds is 7. The van der Waals surface area contributed by atoms with E-state index in [0.29, 0.717) is 17.8 Å². The van der Waals surface area contributed by atoms with Crippen molar-refractivity contribution in [2.75, 3.05) is 37.6 Å². The molecule has 0 spiro atoms. The summed E-state index contributed by atoms with van der Waals surface area (Å²) < 4.78 is 0. The zero-order valence-corrected chi connectivity index (χ0v) is 19.4. The highest BCUT2D eigenvalue weighted by Gasteiger charge is 2.41. The summed E-state index contributed by atoms with van der Waals surface area (Å²) in [4.78, 5) is 32.9. The first-order valence-electron chi connectivity index (χ1n) is 11.7. The van der Waals surface area contributed by atoms with Crippen LogP contribution in [0.4, 0.5) is 5.69 Å². The average molecular weight is 432 g/mol. The molecule has 2 aromatic rings. The number of nitrogens with zero attached hydrogens (tertiary/aromatic N) is 3. The summed E-state index contributed by atoms with van der Waals surface area (Å²) >= 11 is 0. The van der Waals surface area contributed by atoms with Crippen LogP contribution in [0.25, 0.3) is 5.57 Å².